The summed E-state index contributed by atoms with van der Waals surface area (Å²) in [5, 5.41) is 19.5. The summed E-state index contributed by atoms with van der Waals surface area (Å²) < 4.78 is 24.3. The van der Waals surface area contributed by atoms with E-state index in [0.29, 0.717) is 22.1 Å². The molecule has 2 fully saturated rings. The summed E-state index contributed by atoms with van der Waals surface area (Å²) in [6.07, 6.45) is 0. The summed E-state index contributed by atoms with van der Waals surface area (Å²) in [5.41, 5.74) is -0.327. The monoisotopic (exact) mass is 380 g/mol. The molecular formula is C20H26B2N2O4. The Kier molecular flexibility index (Phi) is 4.73. The molecule has 0 amide bonds. The minimum absolute atomic E-state index is 0.377. The van der Waals surface area contributed by atoms with Crippen LogP contribution in [-0.4, -0.2) is 36.6 Å². The van der Waals surface area contributed by atoms with Crippen LogP contribution in [0.2, 0.25) is 0 Å². The Labute approximate surface area is 168 Å². The van der Waals surface area contributed by atoms with Gasteiger partial charge in [0.2, 0.25) is 0 Å². The molecule has 146 valence electrons. The van der Waals surface area contributed by atoms with Crippen LogP contribution in [0, 0.1) is 22.7 Å². The van der Waals surface area contributed by atoms with Crippen LogP contribution in [0.1, 0.15) is 66.5 Å². The molecule has 0 N–H and O–H groups in total. The van der Waals surface area contributed by atoms with Gasteiger partial charge in [-0.05, 0) is 67.5 Å². The van der Waals surface area contributed by atoms with Crippen molar-refractivity contribution in [1.29, 1.82) is 10.5 Å². The fourth-order valence-electron chi connectivity index (χ4n) is 3.16. The molecule has 0 bridgehead atoms. The topological polar surface area (TPSA) is 84.5 Å². The van der Waals surface area contributed by atoms with Crippen LogP contribution in [-0.2, 0) is 18.6 Å². The Bertz CT molecular complexity index is 791. The normalized spacial score (nSPS) is 24.1. The van der Waals surface area contributed by atoms with Crippen LogP contribution in [0.25, 0.3) is 0 Å². The summed E-state index contributed by atoms with van der Waals surface area (Å²) in [4.78, 5) is 0. The molecule has 0 atom stereocenters. The van der Waals surface area contributed by atoms with E-state index in [-0.39, 0.29) is 0 Å². The van der Waals surface area contributed by atoms with Gasteiger partial charge in [0.1, 0.15) is 0 Å². The van der Waals surface area contributed by atoms with Crippen molar-refractivity contribution in [2.45, 2.75) is 77.8 Å². The highest BCUT2D eigenvalue weighted by Gasteiger charge is 2.54. The van der Waals surface area contributed by atoms with E-state index in [0.717, 1.165) is 0 Å². The predicted molar refractivity (Wildman–Crippen MR) is 107 cm³/mol. The van der Waals surface area contributed by atoms with E-state index in [2.05, 4.69) is 12.1 Å². The number of benzene rings is 1. The molecule has 0 aromatic heterocycles. The average molecular weight is 380 g/mol. The SMILES string of the molecule is CC1(C)OB(c2cc(C#N)c(B3OC(C)(C)C(C)(C)O3)cc2C#N)OC1(C)C. The van der Waals surface area contributed by atoms with Gasteiger partial charge in [-0.15, -0.1) is 0 Å². The Morgan fingerprint density at radius 2 is 0.857 bits per heavy atom. The summed E-state index contributed by atoms with van der Waals surface area (Å²) >= 11 is 0. The molecule has 2 saturated heterocycles. The molecule has 1 aromatic rings. The third-order valence-corrected chi connectivity index (χ3v) is 6.48. The minimum atomic E-state index is -0.723. The Morgan fingerprint density at radius 3 is 1.07 bits per heavy atom. The summed E-state index contributed by atoms with van der Waals surface area (Å²) in [6.45, 7) is 15.6. The van der Waals surface area contributed by atoms with Gasteiger partial charge in [0.15, 0.2) is 0 Å². The number of nitrogens with zero attached hydrogens (tertiary/aromatic N) is 2. The summed E-state index contributed by atoms with van der Waals surface area (Å²) in [7, 11) is -1.45. The quantitative estimate of drug-likeness (QED) is 0.731. The molecule has 0 aliphatic carbocycles. The second-order valence-electron chi connectivity index (χ2n) is 9.43. The summed E-state index contributed by atoms with van der Waals surface area (Å²) in [6, 6.07) is 7.71. The smallest absolute Gasteiger partial charge is 0.399 e. The van der Waals surface area contributed by atoms with Gasteiger partial charge in [0, 0.05) is 10.9 Å². The van der Waals surface area contributed by atoms with Gasteiger partial charge in [-0.1, -0.05) is 0 Å². The van der Waals surface area contributed by atoms with Crippen molar-refractivity contribution in [2.24, 2.45) is 0 Å². The van der Waals surface area contributed by atoms with E-state index >= 15 is 0 Å². The predicted octanol–water partition coefficient (Wildman–Crippen LogP) is 2.03. The van der Waals surface area contributed by atoms with Crippen LogP contribution < -0.4 is 10.9 Å². The van der Waals surface area contributed by atoms with Gasteiger partial charge in [0.05, 0.1) is 45.7 Å². The Hall–Kier alpha value is -1.83. The molecule has 28 heavy (non-hydrogen) atoms. The van der Waals surface area contributed by atoms with Crippen LogP contribution in [0.4, 0.5) is 0 Å². The van der Waals surface area contributed by atoms with Crippen molar-refractivity contribution in [3.8, 4) is 12.1 Å². The van der Waals surface area contributed by atoms with E-state index < -0.39 is 36.6 Å². The Balaban J connectivity index is 2.04. The summed E-state index contributed by atoms with van der Waals surface area (Å²) in [5.74, 6) is 0. The van der Waals surface area contributed by atoms with Crippen molar-refractivity contribution in [1.82, 2.24) is 0 Å². The maximum atomic E-state index is 9.75. The van der Waals surface area contributed by atoms with Gasteiger partial charge in [-0.25, -0.2) is 0 Å². The van der Waals surface area contributed by atoms with E-state index in [1.165, 1.54) is 0 Å². The first-order valence-corrected chi connectivity index (χ1v) is 9.44. The Morgan fingerprint density at radius 1 is 0.607 bits per heavy atom. The number of nitriles is 2. The van der Waals surface area contributed by atoms with Crippen LogP contribution in [0.5, 0.6) is 0 Å². The molecule has 8 heteroatoms. The van der Waals surface area contributed by atoms with Crippen LogP contribution >= 0.6 is 0 Å². The highest BCUT2D eigenvalue weighted by Crippen LogP contribution is 2.38. The standard InChI is InChI=1S/C20H26B2N2O4/c1-17(2)18(3,4)26-21(25-17)15-9-14(12-24)16(10-13(15)11-23)22-27-19(5,6)20(7,8)28-22/h9-10H,1-8H3. The number of rotatable bonds is 2. The fraction of sp³-hybridized carbons (Fsp3) is 0.600. The highest BCUT2D eigenvalue weighted by molar-refractivity contribution is 6.65. The lowest BCUT2D eigenvalue weighted by molar-refractivity contribution is 0.00578. The number of hydrogen-bond donors (Lipinski definition) is 0. The molecule has 2 aliphatic heterocycles. The zero-order valence-electron chi connectivity index (χ0n) is 17.8. The molecule has 3 rings (SSSR count). The largest absolute Gasteiger partial charge is 0.496 e. The van der Waals surface area contributed by atoms with Crippen molar-refractivity contribution < 1.29 is 18.6 Å². The van der Waals surface area contributed by atoms with Gasteiger partial charge >= 0.3 is 14.2 Å². The van der Waals surface area contributed by atoms with E-state index in [1.54, 1.807) is 12.1 Å². The maximum Gasteiger partial charge on any atom is 0.496 e. The van der Waals surface area contributed by atoms with E-state index in [1.807, 2.05) is 55.4 Å². The van der Waals surface area contributed by atoms with Crippen molar-refractivity contribution in [3.63, 3.8) is 0 Å². The van der Waals surface area contributed by atoms with Gasteiger partial charge in [-0.3, -0.25) is 0 Å². The van der Waals surface area contributed by atoms with Gasteiger partial charge in [0.25, 0.3) is 0 Å². The first-order valence-electron chi connectivity index (χ1n) is 9.44. The third-order valence-electron chi connectivity index (χ3n) is 6.48. The maximum absolute atomic E-state index is 9.75. The molecule has 1 aromatic carbocycles. The van der Waals surface area contributed by atoms with Crippen LogP contribution in [0.3, 0.4) is 0 Å². The van der Waals surface area contributed by atoms with Gasteiger partial charge in [-0.2, -0.15) is 10.5 Å². The second-order valence-corrected chi connectivity index (χ2v) is 9.43. The zero-order valence-corrected chi connectivity index (χ0v) is 17.8. The lowest BCUT2D eigenvalue weighted by Crippen LogP contribution is -2.42. The molecule has 2 aliphatic rings. The van der Waals surface area contributed by atoms with Crippen LogP contribution in [0.15, 0.2) is 12.1 Å². The average Bonchev–Trinajstić information content (AvgIpc) is 2.93. The van der Waals surface area contributed by atoms with Gasteiger partial charge < -0.3 is 18.6 Å². The lowest BCUT2D eigenvalue weighted by Gasteiger charge is -2.32. The zero-order chi connectivity index (χ0) is 21.1. The molecule has 2 heterocycles. The molecule has 0 saturated carbocycles. The second kappa shape index (κ2) is 6.34. The third kappa shape index (κ3) is 3.15. The fourth-order valence-corrected chi connectivity index (χ4v) is 3.16. The van der Waals surface area contributed by atoms with E-state index in [9.17, 15) is 10.5 Å². The number of hydrogen-bond acceptors (Lipinski definition) is 6. The van der Waals surface area contributed by atoms with Crippen molar-refractivity contribution in [3.05, 3.63) is 23.3 Å². The molecular weight excluding hydrogens is 354 g/mol. The molecule has 0 unspecified atom stereocenters. The van der Waals surface area contributed by atoms with Crippen molar-refractivity contribution in [2.75, 3.05) is 0 Å². The lowest BCUT2D eigenvalue weighted by atomic mass is 9.69. The molecule has 6 nitrogen and oxygen atoms in total. The first-order chi connectivity index (χ1) is 12.7. The molecule has 0 spiro atoms. The molecule has 0 radical (unpaired) electrons. The van der Waals surface area contributed by atoms with E-state index in [4.69, 9.17) is 18.6 Å². The van der Waals surface area contributed by atoms with Crippen molar-refractivity contribution >= 4 is 25.2 Å². The highest BCUT2D eigenvalue weighted by atomic mass is 16.7. The minimum Gasteiger partial charge on any atom is -0.399 e. The first kappa shape index (κ1) is 20.9.